The number of carbonyl (C=O) groups excluding carboxylic acids is 8. The average molecular weight is 1330 g/mol. The van der Waals surface area contributed by atoms with Gasteiger partial charge in [-0.15, -0.1) is 0 Å². The van der Waals surface area contributed by atoms with E-state index in [0.717, 1.165) is 43.3 Å². The van der Waals surface area contributed by atoms with Crippen LogP contribution in [0.15, 0.2) is 60.7 Å². The van der Waals surface area contributed by atoms with E-state index in [9.17, 15) is 43.5 Å². The molecule has 11 heterocycles. The minimum Gasteiger partial charge on any atom is -0.461 e. The number of aliphatic hydroxyl groups is 1. The normalized spacial score (nSPS) is 35.2. The van der Waals surface area contributed by atoms with E-state index in [2.05, 4.69) is 30.7 Å². The van der Waals surface area contributed by atoms with Crippen molar-refractivity contribution in [3.8, 4) is 0 Å². The van der Waals surface area contributed by atoms with Crippen LogP contribution in [-0.2, 0) is 94.0 Å². The van der Waals surface area contributed by atoms with E-state index in [-0.39, 0.29) is 180 Å². The minimum absolute atomic E-state index is 0.0129. The second-order valence-electron chi connectivity index (χ2n) is 28.9. The number of esters is 1. The summed E-state index contributed by atoms with van der Waals surface area (Å²) in [5.41, 5.74) is 8.65. The van der Waals surface area contributed by atoms with Crippen molar-refractivity contribution in [3.05, 3.63) is 71.8 Å². The molecule has 11 aliphatic heterocycles. The highest BCUT2D eigenvalue weighted by atomic mass is 16.8. The molecule has 0 radical (unpaired) electrons. The van der Waals surface area contributed by atoms with Crippen LogP contribution in [0.1, 0.15) is 173 Å². The van der Waals surface area contributed by atoms with Crippen LogP contribution in [0, 0.1) is 23.7 Å². The third-order valence-electron chi connectivity index (χ3n) is 21.7. The van der Waals surface area contributed by atoms with E-state index in [1.54, 1.807) is 31.4 Å². The van der Waals surface area contributed by atoms with Gasteiger partial charge in [0, 0.05) is 108 Å². The molecule has 23 heteroatoms. The maximum absolute atomic E-state index is 14.5. The average Bonchev–Trinajstić information content (AvgIpc) is 1.55. The van der Waals surface area contributed by atoms with Crippen molar-refractivity contribution in [3.63, 3.8) is 0 Å². The van der Waals surface area contributed by atoms with Crippen LogP contribution in [-0.4, -0.2) is 187 Å². The maximum atomic E-state index is 14.5. The first kappa shape index (κ1) is 70.7. The molecule has 11 aliphatic rings. The van der Waals surface area contributed by atoms with Gasteiger partial charge in [0.2, 0.25) is 5.91 Å². The van der Waals surface area contributed by atoms with Crippen LogP contribution >= 0.6 is 0 Å². The minimum atomic E-state index is -0.979. The van der Waals surface area contributed by atoms with Gasteiger partial charge in [0.05, 0.1) is 73.2 Å². The summed E-state index contributed by atoms with van der Waals surface area (Å²) in [6, 6.07) is 5.35. The van der Waals surface area contributed by atoms with Gasteiger partial charge in [0.25, 0.3) is 11.8 Å². The molecule has 1 aromatic rings. The summed E-state index contributed by atoms with van der Waals surface area (Å²) < 4.78 is 66.6. The van der Waals surface area contributed by atoms with E-state index in [1.807, 2.05) is 13.8 Å². The van der Waals surface area contributed by atoms with Crippen molar-refractivity contribution < 1.29 is 90.8 Å². The summed E-state index contributed by atoms with van der Waals surface area (Å²) in [5, 5.41) is 17.0. The lowest BCUT2D eigenvalue weighted by Gasteiger charge is -2.47. The van der Waals surface area contributed by atoms with Gasteiger partial charge >= 0.3 is 12.0 Å². The number of imide groups is 1. The molecule has 522 valence electrons. The van der Waals surface area contributed by atoms with Gasteiger partial charge in [-0.3, -0.25) is 38.5 Å². The van der Waals surface area contributed by atoms with Gasteiger partial charge in [-0.2, -0.15) is 0 Å². The van der Waals surface area contributed by atoms with E-state index in [1.165, 1.54) is 17.1 Å². The number of unbranched alkanes of at least 4 members (excludes halogenated alkanes) is 2. The highest BCUT2D eigenvalue weighted by molar-refractivity contribution is 6.12. The molecule has 5 amide bonds. The first-order valence-corrected chi connectivity index (χ1v) is 35.1. The molecule has 23 nitrogen and oxygen atoms in total. The fraction of sp³-hybridized carbons (Fsp3) is 0.722. The number of hydrogen-bond donors (Lipinski definition) is 4. The van der Waals surface area contributed by atoms with Crippen LogP contribution < -0.4 is 16.4 Å². The number of hydrogen-bond acceptors (Lipinski definition) is 19. The first-order valence-electron chi connectivity index (χ1n) is 35.1. The number of nitrogens with one attached hydrogen (secondary N) is 2. The lowest BCUT2D eigenvalue weighted by Crippen LogP contribution is -2.61. The second-order valence-corrected chi connectivity index (χ2v) is 28.9. The summed E-state index contributed by atoms with van der Waals surface area (Å²) in [7, 11) is 1.60. The number of nitrogens with two attached hydrogens (primary N) is 1. The predicted molar refractivity (Wildman–Crippen MR) is 342 cm³/mol. The molecule has 10 saturated heterocycles. The third-order valence-corrected chi connectivity index (χ3v) is 21.7. The topological polar surface area (TPSA) is 302 Å². The monoisotopic (exact) mass is 1320 g/mol. The van der Waals surface area contributed by atoms with Crippen LogP contribution in [0.2, 0.25) is 0 Å². The molecule has 1 spiro atoms. The Hall–Kier alpha value is -5.60. The highest BCUT2D eigenvalue weighted by Crippen LogP contribution is 2.55. The quantitative estimate of drug-likeness (QED) is 0.0322. The number of methoxy groups -OCH3 is 1. The zero-order valence-electron chi connectivity index (χ0n) is 55.7. The molecule has 95 heavy (non-hydrogen) atoms. The molecule has 1 aromatic carbocycles. The Bertz CT molecular complexity index is 2990. The summed E-state index contributed by atoms with van der Waals surface area (Å²) >= 11 is 0. The molecular formula is C72H100N4O19. The second kappa shape index (κ2) is 31.5. The fourth-order valence-electron chi connectivity index (χ4n) is 16.4. The number of aliphatic hydroxyl groups excluding tert-OH is 1. The van der Waals surface area contributed by atoms with E-state index >= 15 is 0 Å². The first-order chi connectivity index (χ1) is 45.6. The zero-order chi connectivity index (χ0) is 67.2. The number of fused-ring (bicyclic) bond motifs is 6. The van der Waals surface area contributed by atoms with Gasteiger partial charge in [-0.05, 0) is 111 Å². The smallest absolute Gasteiger partial charge is 0.312 e. The molecule has 10 fully saturated rings. The Morgan fingerprint density at radius 3 is 2.22 bits per heavy atom. The summed E-state index contributed by atoms with van der Waals surface area (Å²) in [4.78, 5) is 105. The SMILES string of the molecule is C=C1C[C@@H]2CC[C@@]34CC5O[C@H]6[C@@H](O3)[C@H]3OC(CC[C@@H]3O[C@H]6C5O4)CC(=O)C[C@@H]3[C@@H](OC)[C@@H](C[C@H](O)CCC(=O)OCc4ccc(CC(=O)[C@H](CCCNC(N)=O)NC(=O)[C@@H](CC(=O)CCCCCN5C(=O)C=CC5=O)C(C)C)cc4)O[C@H]3CC3O[C@@H](CCC1O2)C[C@@H](C)C3=C. The number of primary amides is 1. The molecule has 0 aliphatic carbocycles. The van der Waals surface area contributed by atoms with Crippen LogP contribution in [0.25, 0.3) is 0 Å². The lowest BCUT2D eigenvalue weighted by atomic mass is 9.81. The molecule has 5 unspecified atom stereocenters. The molecule has 12 bridgehead atoms. The number of Topliss-reactive ketones (excluding diaryl/α,β-unsaturated/α-hetero) is 3. The predicted octanol–water partition coefficient (Wildman–Crippen LogP) is 6.76. The molecular weight excluding hydrogens is 1220 g/mol. The molecule has 0 saturated carbocycles. The summed E-state index contributed by atoms with van der Waals surface area (Å²) in [6.45, 7) is 15.3. The van der Waals surface area contributed by atoms with Crippen molar-refractivity contribution in [1.29, 1.82) is 0 Å². The molecule has 21 atom stereocenters. The van der Waals surface area contributed by atoms with Crippen molar-refractivity contribution in [2.75, 3.05) is 20.2 Å². The summed E-state index contributed by atoms with van der Waals surface area (Å²) in [5.74, 6) is -4.00. The standard InChI is InChI=1S/C72H100N4O19/c1-39(2)51(33-45(77)11-8-7-9-28-76-61(81)22-23-62(76)82)70(84)75-53(12-10-27-74-71(73)85)54(80)31-43-13-15-44(16-14-43)38-87-63(83)24-17-46(78)35-59-64(86-6)52-34-47(79)32-49-19-21-56-65(90-49)69-68-67(92-56)66-60(93-68)37-72(94-66,95-69)26-25-50-30-41(4)55(88-50)20-18-48-29-40(3)42(5)57(89-48)36-58(52)91-59/h13-16,22-23,39-40,46,48-53,55-60,64-69,78H,4-5,7-12,17-21,24-38H2,1-3,6H3,(H,75,84)(H3,73,74,85)/t40-,46-,48+,49?,50+,51+,52+,53+,55?,56+,57?,58+,59-,60?,64-,65+,66?,67+,68-,69+,72+/m1/s1. The van der Waals surface area contributed by atoms with Crippen LogP contribution in [0.5, 0.6) is 0 Å². The number of carbonyl (C=O) groups is 8. The van der Waals surface area contributed by atoms with Crippen LogP contribution in [0.4, 0.5) is 4.79 Å². The Morgan fingerprint density at radius 2 is 1.46 bits per heavy atom. The Morgan fingerprint density at radius 1 is 0.747 bits per heavy atom. The largest absolute Gasteiger partial charge is 0.461 e. The lowest BCUT2D eigenvalue weighted by molar-refractivity contribution is -0.292. The molecule has 5 N–H and O–H groups in total. The van der Waals surface area contributed by atoms with Gasteiger partial charge in [-0.25, -0.2) is 4.79 Å². The molecule has 12 rings (SSSR count). The van der Waals surface area contributed by atoms with Crippen LogP contribution in [0.3, 0.4) is 0 Å². The van der Waals surface area contributed by atoms with Crippen molar-refractivity contribution in [1.82, 2.24) is 15.5 Å². The van der Waals surface area contributed by atoms with Gasteiger partial charge in [0.1, 0.15) is 48.7 Å². The number of nitrogens with zero attached hydrogens (tertiary/aromatic N) is 1. The van der Waals surface area contributed by atoms with Gasteiger partial charge < -0.3 is 68.8 Å². The summed E-state index contributed by atoms with van der Waals surface area (Å²) in [6.07, 6.45) is 6.74. The fourth-order valence-corrected chi connectivity index (χ4v) is 16.4. The third kappa shape index (κ3) is 17.3. The highest BCUT2D eigenvalue weighted by Gasteiger charge is 2.69. The van der Waals surface area contributed by atoms with Gasteiger partial charge in [-0.1, -0.05) is 64.6 Å². The van der Waals surface area contributed by atoms with Crippen molar-refractivity contribution >= 4 is 47.1 Å². The molecule has 0 aromatic heterocycles. The van der Waals surface area contributed by atoms with Crippen molar-refractivity contribution in [2.45, 2.75) is 285 Å². The number of amides is 5. The number of ether oxygens (including phenoxy) is 10. The Labute approximate surface area is 557 Å². The van der Waals surface area contributed by atoms with E-state index < -0.39 is 78.2 Å². The number of urea groups is 1. The van der Waals surface area contributed by atoms with E-state index in [0.29, 0.717) is 68.9 Å². The number of ketones is 3. The van der Waals surface area contributed by atoms with E-state index in [4.69, 9.17) is 53.1 Å². The number of benzene rings is 1. The Kier molecular flexibility index (Phi) is 23.4. The number of rotatable bonds is 26. The van der Waals surface area contributed by atoms with Gasteiger partial charge in [0.15, 0.2) is 11.6 Å². The maximum Gasteiger partial charge on any atom is 0.312 e. The zero-order valence-corrected chi connectivity index (χ0v) is 55.7. The van der Waals surface area contributed by atoms with Crippen molar-refractivity contribution in [2.24, 2.45) is 29.4 Å². The Balaban J connectivity index is 0.674.